The number of nitrogens with zero attached hydrogens (tertiary/aromatic N) is 2. The van der Waals surface area contributed by atoms with Crippen molar-refractivity contribution in [2.45, 2.75) is 26.7 Å². The van der Waals surface area contributed by atoms with Crippen molar-refractivity contribution in [2.75, 3.05) is 10.7 Å². The van der Waals surface area contributed by atoms with Crippen LogP contribution in [0.15, 0.2) is 72.8 Å². The number of fused-ring (bicyclic) bond motifs is 1. The number of anilines is 1. The molecule has 0 spiro atoms. The van der Waals surface area contributed by atoms with E-state index in [0.717, 1.165) is 21.6 Å². The summed E-state index contributed by atoms with van der Waals surface area (Å²) in [7, 11) is -3.97. The fourth-order valence-corrected chi connectivity index (χ4v) is 4.77. The summed E-state index contributed by atoms with van der Waals surface area (Å²) in [5.41, 5.74) is 5.61. The Morgan fingerprint density at radius 3 is 2.30 bits per heavy atom. The summed E-state index contributed by atoms with van der Waals surface area (Å²) in [5.74, 6) is -3.25. The first kappa shape index (κ1) is 27.8. The number of pyridine rings is 1. The van der Waals surface area contributed by atoms with Gasteiger partial charge in [-0.2, -0.15) is 4.41 Å². The topological polar surface area (TPSA) is 129 Å². The first-order valence-electron chi connectivity index (χ1n) is 11.9. The number of amides is 2. The van der Waals surface area contributed by atoms with E-state index in [1.165, 1.54) is 6.07 Å². The molecule has 0 aliphatic rings. The molecule has 37 heavy (non-hydrogen) atoms. The van der Waals surface area contributed by atoms with Gasteiger partial charge in [0, 0.05) is 5.39 Å². The van der Waals surface area contributed by atoms with Crippen LogP contribution in [0.1, 0.15) is 32.3 Å². The van der Waals surface area contributed by atoms with Crippen LogP contribution in [0.25, 0.3) is 17.0 Å². The SMILES string of the molecule is CC(C)C[C@@H](C(=O)NN(c1ccc2ccccc2n1)S(C)(=O)=O)[C@H](C/C=C/c1ccccc1)C(=O)NO. The molecule has 2 aromatic carbocycles. The van der Waals surface area contributed by atoms with Gasteiger partial charge in [-0.25, -0.2) is 18.9 Å². The smallest absolute Gasteiger partial charge is 0.251 e. The number of hydroxylamine groups is 1. The number of aromatic nitrogens is 1. The molecule has 196 valence electrons. The van der Waals surface area contributed by atoms with Gasteiger partial charge in [0.05, 0.1) is 23.6 Å². The van der Waals surface area contributed by atoms with Gasteiger partial charge in [-0.05, 0) is 42.5 Å². The molecule has 0 aliphatic heterocycles. The van der Waals surface area contributed by atoms with E-state index in [4.69, 9.17) is 0 Å². The number of carbonyl (C=O) groups is 2. The Morgan fingerprint density at radius 2 is 1.65 bits per heavy atom. The summed E-state index contributed by atoms with van der Waals surface area (Å²) in [6.07, 6.45) is 4.98. The second-order valence-corrected chi connectivity index (χ2v) is 11.1. The maximum Gasteiger partial charge on any atom is 0.251 e. The third-order valence-electron chi connectivity index (χ3n) is 5.83. The minimum Gasteiger partial charge on any atom is -0.289 e. The molecule has 0 fully saturated rings. The van der Waals surface area contributed by atoms with Crippen LogP contribution in [0.4, 0.5) is 5.82 Å². The molecular weight excluding hydrogens is 492 g/mol. The average molecular weight is 525 g/mol. The van der Waals surface area contributed by atoms with E-state index < -0.39 is 33.7 Å². The van der Waals surface area contributed by atoms with Gasteiger partial charge in [-0.1, -0.05) is 74.5 Å². The first-order chi connectivity index (χ1) is 17.6. The number of benzene rings is 2. The van der Waals surface area contributed by atoms with Gasteiger partial charge in [0.25, 0.3) is 10.0 Å². The number of carbonyl (C=O) groups excluding carboxylic acids is 2. The van der Waals surface area contributed by atoms with Crippen LogP contribution in [-0.4, -0.2) is 36.7 Å². The van der Waals surface area contributed by atoms with Gasteiger partial charge in [0.1, 0.15) is 0 Å². The molecule has 0 radical (unpaired) electrons. The molecule has 0 unspecified atom stereocenters. The Labute approximate surface area is 217 Å². The molecule has 3 rings (SSSR count). The minimum atomic E-state index is -3.97. The van der Waals surface area contributed by atoms with Crippen LogP contribution in [-0.2, 0) is 19.6 Å². The Kier molecular flexibility index (Phi) is 9.37. The Bertz CT molecular complexity index is 1360. The maximum absolute atomic E-state index is 13.5. The van der Waals surface area contributed by atoms with Crippen molar-refractivity contribution in [3.8, 4) is 0 Å². The average Bonchev–Trinajstić information content (AvgIpc) is 2.87. The number of rotatable bonds is 11. The summed E-state index contributed by atoms with van der Waals surface area (Å²) in [6, 6.07) is 19.9. The lowest BCUT2D eigenvalue weighted by molar-refractivity contribution is -0.140. The number of hydrogen-bond donors (Lipinski definition) is 3. The van der Waals surface area contributed by atoms with E-state index >= 15 is 0 Å². The van der Waals surface area contributed by atoms with E-state index in [0.29, 0.717) is 5.52 Å². The third-order valence-corrected chi connectivity index (χ3v) is 6.77. The van der Waals surface area contributed by atoms with Gasteiger partial charge in [0.2, 0.25) is 11.8 Å². The number of hydrogen-bond acceptors (Lipinski definition) is 6. The highest BCUT2D eigenvalue weighted by Crippen LogP contribution is 2.27. The molecule has 1 heterocycles. The number of nitrogens with one attached hydrogen (secondary N) is 2. The van der Waals surface area contributed by atoms with Crippen LogP contribution in [0.2, 0.25) is 0 Å². The van der Waals surface area contributed by atoms with Crippen molar-refractivity contribution in [2.24, 2.45) is 17.8 Å². The molecule has 3 aromatic rings. The van der Waals surface area contributed by atoms with Gasteiger partial charge >= 0.3 is 0 Å². The van der Waals surface area contributed by atoms with Crippen LogP contribution in [0.5, 0.6) is 0 Å². The van der Waals surface area contributed by atoms with Crippen molar-refractivity contribution in [1.29, 1.82) is 0 Å². The normalized spacial score (nSPS) is 13.4. The lowest BCUT2D eigenvalue weighted by Gasteiger charge is -2.29. The van der Waals surface area contributed by atoms with E-state index in [9.17, 15) is 23.2 Å². The lowest BCUT2D eigenvalue weighted by atomic mass is 9.82. The Balaban J connectivity index is 1.92. The van der Waals surface area contributed by atoms with Crippen molar-refractivity contribution in [3.63, 3.8) is 0 Å². The second-order valence-electron chi connectivity index (χ2n) is 9.23. The Hall–Kier alpha value is -3.76. The number of sulfonamides is 1. The largest absolute Gasteiger partial charge is 0.289 e. The standard InChI is InChI=1S/C27H32N4O5S/c1-19(2)18-23(22(27(33)30-34)14-9-12-20-10-5-4-6-11-20)26(32)29-31(37(3,35)36)25-17-16-21-13-7-8-15-24(21)28-25/h4-13,15-17,19,22-23,34H,14,18H2,1-3H3,(H,29,32)(H,30,33)/b12-9+/t22-,23+/m0/s1. The third kappa shape index (κ3) is 7.61. The van der Waals surface area contributed by atoms with E-state index in [2.05, 4.69) is 10.4 Å². The lowest BCUT2D eigenvalue weighted by Crippen LogP contribution is -2.51. The quantitative estimate of drug-likeness (QED) is 0.258. The Morgan fingerprint density at radius 1 is 0.973 bits per heavy atom. The molecule has 1 aromatic heterocycles. The zero-order valence-electron chi connectivity index (χ0n) is 21.0. The highest BCUT2D eigenvalue weighted by molar-refractivity contribution is 7.92. The first-order valence-corrected chi connectivity index (χ1v) is 13.8. The second kappa shape index (κ2) is 12.5. The van der Waals surface area contributed by atoms with Crippen molar-refractivity contribution in [3.05, 3.63) is 78.4 Å². The molecule has 9 nitrogen and oxygen atoms in total. The van der Waals surface area contributed by atoms with Crippen LogP contribution < -0.4 is 15.3 Å². The van der Waals surface area contributed by atoms with Gasteiger partial charge < -0.3 is 0 Å². The summed E-state index contributed by atoms with van der Waals surface area (Å²) >= 11 is 0. The number of hydrazine groups is 1. The molecule has 0 saturated carbocycles. The van der Waals surface area contributed by atoms with E-state index in [1.54, 1.807) is 29.8 Å². The van der Waals surface area contributed by atoms with Gasteiger partial charge in [-0.3, -0.25) is 20.2 Å². The minimum absolute atomic E-state index is 0.00771. The van der Waals surface area contributed by atoms with Crippen molar-refractivity contribution in [1.82, 2.24) is 15.9 Å². The van der Waals surface area contributed by atoms with E-state index in [-0.39, 0.29) is 24.6 Å². The zero-order valence-corrected chi connectivity index (χ0v) is 21.9. The number of allylic oxidation sites excluding steroid dienone is 1. The predicted molar refractivity (Wildman–Crippen MR) is 144 cm³/mol. The number of para-hydroxylation sites is 1. The predicted octanol–water partition coefficient (Wildman–Crippen LogP) is 3.92. The summed E-state index contributed by atoms with van der Waals surface area (Å²) in [4.78, 5) is 30.6. The molecule has 0 bridgehead atoms. The molecule has 2 amide bonds. The molecule has 0 saturated heterocycles. The van der Waals surface area contributed by atoms with E-state index in [1.807, 2.05) is 62.4 Å². The monoisotopic (exact) mass is 524 g/mol. The fraction of sp³-hybridized carbons (Fsp3) is 0.296. The zero-order chi connectivity index (χ0) is 27.0. The molecule has 3 N–H and O–H groups in total. The van der Waals surface area contributed by atoms with Crippen molar-refractivity contribution < 1.29 is 23.2 Å². The molecular formula is C27H32N4O5S. The van der Waals surface area contributed by atoms with Gasteiger partial charge in [0.15, 0.2) is 5.82 Å². The summed E-state index contributed by atoms with van der Waals surface area (Å²) < 4.78 is 26.1. The maximum atomic E-state index is 13.5. The van der Waals surface area contributed by atoms with Crippen LogP contribution in [0, 0.1) is 17.8 Å². The van der Waals surface area contributed by atoms with Crippen LogP contribution in [0.3, 0.4) is 0 Å². The molecule has 10 heteroatoms. The summed E-state index contributed by atoms with van der Waals surface area (Å²) in [5, 5.41) is 10.2. The van der Waals surface area contributed by atoms with Crippen LogP contribution >= 0.6 is 0 Å². The molecule has 0 aliphatic carbocycles. The highest BCUT2D eigenvalue weighted by atomic mass is 32.2. The van der Waals surface area contributed by atoms with Gasteiger partial charge in [-0.15, -0.1) is 0 Å². The fourth-order valence-electron chi connectivity index (χ4n) is 4.08. The molecule has 2 atom stereocenters. The summed E-state index contributed by atoms with van der Waals surface area (Å²) in [6.45, 7) is 3.79. The highest BCUT2D eigenvalue weighted by Gasteiger charge is 2.35. The van der Waals surface area contributed by atoms with Crippen molar-refractivity contribution >= 4 is 44.6 Å².